The van der Waals surface area contributed by atoms with Crippen molar-refractivity contribution in [3.05, 3.63) is 77.4 Å². The SMILES string of the molecule is Cc1[nH]c2ccc(C=NCc3cc(N4CCOCC4)n4nc(-c5ccncc5)cc4n3)cc2c1C. The molecule has 8 heteroatoms. The summed E-state index contributed by atoms with van der Waals surface area (Å²) >= 11 is 0. The van der Waals surface area contributed by atoms with Crippen molar-refractivity contribution < 1.29 is 4.74 Å². The maximum Gasteiger partial charge on any atom is 0.158 e. The standard InChI is InChI=1S/C27H27N7O/c1-18-19(2)30-24-4-3-20(13-23(18)24)16-29-17-22-14-27(33-9-11-35-12-10-33)34-26(31-22)15-25(32-34)21-5-7-28-8-6-21/h3-8,13-16,30H,9-12,17H2,1-2H3. The van der Waals surface area contributed by atoms with Gasteiger partial charge in [-0.15, -0.1) is 0 Å². The smallest absolute Gasteiger partial charge is 0.158 e. The molecule has 6 rings (SSSR count). The highest BCUT2D eigenvalue weighted by Gasteiger charge is 2.18. The second-order valence-electron chi connectivity index (χ2n) is 8.89. The second-order valence-corrected chi connectivity index (χ2v) is 8.89. The average Bonchev–Trinajstić information content (AvgIpc) is 3.45. The first-order valence-electron chi connectivity index (χ1n) is 11.9. The summed E-state index contributed by atoms with van der Waals surface area (Å²) in [5.41, 5.74) is 8.34. The molecular weight excluding hydrogens is 438 g/mol. The Morgan fingerprint density at radius 2 is 1.89 bits per heavy atom. The predicted molar refractivity (Wildman–Crippen MR) is 138 cm³/mol. The van der Waals surface area contributed by atoms with Gasteiger partial charge in [0.25, 0.3) is 0 Å². The lowest BCUT2D eigenvalue weighted by atomic mass is 10.1. The van der Waals surface area contributed by atoms with Crippen molar-refractivity contribution >= 4 is 28.6 Å². The highest BCUT2D eigenvalue weighted by molar-refractivity contribution is 5.91. The summed E-state index contributed by atoms with van der Waals surface area (Å²) in [6, 6.07) is 14.4. The second kappa shape index (κ2) is 8.96. The molecule has 8 nitrogen and oxygen atoms in total. The van der Waals surface area contributed by atoms with Crippen LogP contribution in [0.15, 0.2) is 59.9 Å². The summed E-state index contributed by atoms with van der Waals surface area (Å²) in [7, 11) is 0. The number of H-pyrrole nitrogens is 1. The predicted octanol–water partition coefficient (Wildman–Crippen LogP) is 4.35. The van der Waals surface area contributed by atoms with Crippen LogP contribution in [-0.2, 0) is 11.3 Å². The molecule has 35 heavy (non-hydrogen) atoms. The number of pyridine rings is 1. The fourth-order valence-electron chi connectivity index (χ4n) is 4.58. The van der Waals surface area contributed by atoms with Gasteiger partial charge in [-0.3, -0.25) is 9.98 Å². The lowest BCUT2D eigenvalue weighted by molar-refractivity contribution is 0.122. The summed E-state index contributed by atoms with van der Waals surface area (Å²) in [5.74, 6) is 1.02. The maximum atomic E-state index is 5.57. The largest absolute Gasteiger partial charge is 0.378 e. The Bertz CT molecular complexity index is 1530. The molecule has 0 unspecified atom stereocenters. The Balaban J connectivity index is 1.33. The number of benzene rings is 1. The first-order valence-corrected chi connectivity index (χ1v) is 11.9. The van der Waals surface area contributed by atoms with Crippen LogP contribution in [-0.4, -0.2) is 57.1 Å². The molecule has 0 aliphatic carbocycles. The quantitative estimate of drug-likeness (QED) is 0.390. The van der Waals surface area contributed by atoms with Crippen LogP contribution in [0.25, 0.3) is 27.8 Å². The van der Waals surface area contributed by atoms with E-state index in [1.807, 2.05) is 28.9 Å². The topological polar surface area (TPSA) is 83.7 Å². The molecule has 0 amide bonds. The van der Waals surface area contributed by atoms with E-state index in [9.17, 15) is 0 Å². The molecule has 176 valence electrons. The van der Waals surface area contributed by atoms with Gasteiger partial charge in [0, 0.05) is 66.0 Å². The molecule has 1 fully saturated rings. The Morgan fingerprint density at radius 3 is 2.71 bits per heavy atom. The zero-order valence-electron chi connectivity index (χ0n) is 19.9. The van der Waals surface area contributed by atoms with E-state index in [1.165, 1.54) is 16.6 Å². The van der Waals surface area contributed by atoms with E-state index in [0.29, 0.717) is 19.8 Å². The number of anilines is 1. The van der Waals surface area contributed by atoms with Gasteiger partial charge in [-0.05, 0) is 49.2 Å². The number of aliphatic imine (C=N–C) groups is 1. The fraction of sp³-hybridized carbons (Fsp3) is 0.259. The molecule has 1 aromatic carbocycles. The van der Waals surface area contributed by atoms with Crippen molar-refractivity contribution in [2.45, 2.75) is 20.4 Å². The number of rotatable bonds is 5. The van der Waals surface area contributed by atoms with E-state index < -0.39 is 0 Å². The number of morpholine rings is 1. The Kier molecular flexibility index (Phi) is 5.50. The van der Waals surface area contributed by atoms with Gasteiger partial charge in [-0.2, -0.15) is 9.61 Å². The molecule has 1 aliphatic rings. The minimum atomic E-state index is 0.493. The molecule has 0 spiro atoms. The van der Waals surface area contributed by atoms with Crippen molar-refractivity contribution in [2.75, 3.05) is 31.2 Å². The highest BCUT2D eigenvalue weighted by Crippen LogP contribution is 2.25. The van der Waals surface area contributed by atoms with Crippen LogP contribution >= 0.6 is 0 Å². The number of aryl methyl sites for hydroxylation is 2. The number of nitrogens with one attached hydrogen (secondary N) is 1. The molecule has 0 atom stereocenters. The minimum absolute atomic E-state index is 0.493. The molecule has 5 aromatic rings. The Labute approximate surface area is 203 Å². The van der Waals surface area contributed by atoms with Crippen LogP contribution in [0.2, 0.25) is 0 Å². The normalized spacial score (nSPS) is 14.5. The maximum absolute atomic E-state index is 5.57. The van der Waals surface area contributed by atoms with E-state index in [1.54, 1.807) is 12.4 Å². The third kappa shape index (κ3) is 4.17. The summed E-state index contributed by atoms with van der Waals surface area (Å²) in [4.78, 5) is 19.5. The average molecular weight is 466 g/mol. The van der Waals surface area contributed by atoms with E-state index in [-0.39, 0.29) is 0 Å². The van der Waals surface area contributed by atoms with Gasteiger partial charge in [0.05, 0.1) is 31.1 Å². The van der Waals surface area contributed by atoms with Crippen LogP contribution in [0.5, 0.6) is 0 Å². The molecule has 0 radical (unpaired) electrons. The zero-order chi connectivity index (χ0) is 23.8. The molecule has 5 heterocycles. The van der Waals surface area contributed by atoms with Crippen LogP contribution in [0.1, 0.15) is 22.5 Å². The summed E-state index contributed by atoms with van der Waals surface area (Å²) in [6.07, 6.45) is 5.49. The third-order valence-electron chi connectivity index (χ3n) is 6.60. The monoisotopic (exact) mass is 465 g/mol. The van der Waals surface area contributed by atoms with Crippen molar-refractivity contribution in [3.8, 4) is 11.3 Å². The van der Waals surface area contributed by atoms with Crippen LogP contribution in [0.4, 0.5) is 5.82 Å². The molecule has 0 bridgehead atoms. The molecule has 1 aliphatic heterocycles. The van der Waals surface area contributed by atoms with E-state index in [0.717, 1.165) is 52.6 Å². The van der Waals surface area contributed by atoms with E-state index in [2.05, 4.69) is 53.0 Å². The van der Waals surface area contributed by atoms with Gasteiger partial charge in [0.2, 0.25) is 0 Å². The van der Waals surface area contributed by atoms with E-state index in [4.69, 9.17) is 19.8 Å². The van der Waals surface area contributed by atoms with Gasteiger partial charge in [-0.1, -0.05) is 6.07 Å². The number of aromatic amines is 1. The first kappa shape index (κ1) is 21.5. The number of hydrogen-bond acceptors (Lipinski definition) is 6. The Morgan fingerprint density at radius 1 is 1.06 bits per heavy atom. The summed E-state index contributed by atoms with van der Waals surface area (Å²) in [6.45, 7) is 7.80. The van der Waals surface area contributed by atoms with Crippen molar-refractivity contribution in [1.82, 2.24) is 24.6 Å². The van der Waals surface area contributed by atoms with Crippen LogP contribution in [0, 0.1) is 13.8 Å². The van der Waals surface area contributed by atoms with Crippen molar-refractivity contribution in [1.29, 1.82) is 0 Å². The number of ether oxygens (including phenoxy) is 1. The van der Waals surface area contributed by atoms with Gasteiger partial charge in [0.1, 0.15) is 5.82 Å². The number of aromatic nitrogens is 5. The van der Waals surface area contributed by atoms with Crippen LogP contribution < -0.4 is 4.90 Å². The first-order chi connectivity index (χ1) is 17.2. The van der Waals surface area contributed by atoms with E-state index >= 15 is 0 Å². The number of nitrogens with zero attached hydrogens (tertiary/aromatic N) is 6. The van der Waals surface area contributed by atoms with Gasteiger partial charge < -0.3 is 14.6 Å². The third-order valence-corrected chi connectivity index (χ3v) is 6.60. The lowest BCUT2D eigenvalue weighted by Crippen LogP contribution is -2.37. The van der Waals surface area contributed by atoms with Gasteiger partial charge in [0.15, 0.2) is 5.65 Å². The lowest BCUT2D eigenvalue weighted by Gasteiger charge is -2.29. The summed E-state index contributed by atoms with van der Waals surface area (Å²) in [5, 5.41) is 6.11. The molecule has 4 aromatic heterocycles. The molecule has 1 saturated heterocycles. The molecular formula is C27H27N7O. The molecule has 0 saturated carbocycles. The van der Waals surface area contributed by atoms with Crippen molar-refractivity contribution in [2.24, 2.45) is 4.99 Å². The van der Waals surface area contributed by atoms with Crippen molar-refractivity contribution in [3.63, 3.8) is 0 Å². The highest BCUT2D eigenvalue weighted by atomic mass is 16.5. The fourth-order valence-corrected chi connectivity index (χ4v) is 4.58. The zero-order valence-corrected chi connectivity index (χ0v) is 19.9. The van der Waals surface area contributed by atoms with Gasteiger partial charge in [-0.25, -0.2) is 4.98 Å². The van der Waals surface area contributed by atoms with Crippen LogP contribution in [0.3, 0.4) is 0 Å². The Hall–Kier alpha value is -4.04. The number of hydrogen-bond donors (Lipinski definition) is 1. The van der Waals surface area contributed by atoms with Gasteiger partial charge >= 0.3 is 0 Å². The minimum Gasteiger partial charge on any atom is -0.378 e. The number of fused-ring (bicyclic) bond motifs is 2. The summed E-state index contributed by atoms with van der Waals surface area (Å²) < 4.78 is 7.50. The molecule has 1 N–H and O–H groups in total.